The molecule has 0 fully saturated rings. The molecule has 1 aromatic heterocycles. The van der Waals surface area contributed by atoms with Gasteiger partial charge in [0.15, 0.2) is 5.82 Å². The molecule has 1 aliphatic rings. The van der Waals surface area contributed by atoms with Crippen LogP contribution in [0.2, 0.25) is 0 Å². The smallest absolute Gasteiger partial charge is 0.161 e. The van der Waals surface area contributed by atoms with Crippen molar-refractivity contribution in [1.82, 2.24) is 14.8 Å². The van der Waals surface area contributed by atoms with Gasteiger partial charge in [-0.1, -0.05) is 0 Å². The van der Waals surface area contributed by atoms with Gasteiger partial charge in [-0.3, -0.25) is 0 Å². The van der Waals surface area contributed by atoms with Crippen LogP contribution in [0.1, 0.15) is 30.6 Å². The van der Waals surface area contributed by atoms with E-state index in [1.54, 1.807) is 7.11 Å². The predicted molar refractivity (Wildman–Crippen MR) is 49.8 cm³/mol. The second-order valence-electron chi connectivity index (χ2n) is 3.53. The molecule has 0 saturated carbocycles. The summed E-state index contributed by atoms with van der Waals surface area (Å²) >= 11 is 0. The Kier molecular flexibility index (Phi) is 2.79. The Hall–Kier alpha value is -0.940. The van der Waals surface area contributed by atoms with Crippen LogP contribution in [-0.4, -0.2) is 33.6 Å². The number of nitrogens with zero attached hydrogens (tertiary/aromatic N) is 3. The zero-order chi connectivity index (χ0) is 9.97. The lowest BCUT2D eigenvalue weighted by Crippen LogP contribution is -2.18. The zero-order valence-corrected chi connectivity index (χ0v) is 8.31. The van der Waals surface area contributed by atoms with Crippen LogP contribution in [0.15, 0.2) is 0 Å². The van der Waals surface area contributed by atoms with Crippen LogP contribution in [0.3, 0.4) is 0 Å². The SMILES string of the molecule is COCCc1nnc2n1CCCC2O. The summed E-state index contributed by atoms with van der Waals surface area (Å²) in [7, 11) is 1.67. The summed E-state index contributed by atoms with van der Waals surface area (Å²) in [4.78, 5) is 0. The summed E-state index contributed by atoms with van der Waals surface area (Å²) in [6.45, 7) is 1.56. The Bertz CT molecular complexity index is 311. The highest BCUT2D eigenvalue weighted by Crippen LogP contribution is 2.23. The van der Waals surface area contributed by atoms with Crippen LogP contribution in [0.25, 0.3) is 0 Å². The summed E-state index contributed by atoms with van der Waals surface area (Å²) < 4.78 is 7.00. The Labute approximate surface area is 82.7 Å². The highest BCUT2D eigenvalue weighted by atomic mass is 16.5. The summed E-state index contributed by atoms with van der Waals surface area (Å²) in [5.74, 6) is 1.63. The molecule has 1 aromatic rings. The molecule has 5 nitrogen and oxygen atoms in total. The first-order valence-electron chi connectivity index (χ1n) is 4.92. The lowest BCUT2D eigenvalue weighted by Gasteiger charge is -2.19. The second-order valence-corrected chi connectivity index (χ2v) is 3.53. The van der Waals surface area contributed by atoms with Crippen molar-refractivity contribution in [3.05, 3.63) is 11.6 Å². The normalized spacial score (nSPS) is 20.9. The predicted octanol–water partition coefficient (Wildman–Crippen LogP) is 0.294. The van der Waals surface area contributed by atoms with Gasteiger partial charge in [0.1, 0.15) is 11.9 Å². The molecule has 0 radical (unpaired) electrons. The molecular formula is C9H15N3O2. The van der Waals surface area contributed by atoms with Crippen LogP contribution in [0.5, 0.6) is 0 Å². The lowest BCUT2D eigenvalue weighted by atomic mass is 10.1. The fraction of sp³-hybridized carbons (Fsp3) is 0.778. The molecule has 0 amide bonds. The number of hydrogen-bond acceptors (Lipinski definition) is 4. The number of methoxy groups -OCH3 is 1. The molecule has 1 aliphatic heterocycles. The minimum atomic E-state index is -0.437. The van der Waals surface area contributed by atoms with E-state index >= 15 is 0 Å². The number of rotatable bonds is 3. The van der Waals surface area contributed by atoms with E-state index in [0.717, 1.165) is 31.6 Å². The van der Waals surface area contributed by atoms with Gasteiger partial charge in [-0.05, 0) is 12.8 Å². The van der Waals surface area contributed by atoms with Crippen molar-refractivity contribution < 1.29 is 9.84 Å². The minimum absolute atomic E-state index is 0.437. The van der Waals surface area contributed by atoms with Crippen molar-refractivity contribution in [1.29, 1.82) is 0 Å². The molecule has 0 aliphatic carbocycles. The minimum Gasteiger partial charge on any atom is -0.385 e. The standard InChI is InChI=1S/C9H15N3O2/c1-14-6-4-8-10-11-9-7(13)3-2-5-12(8)9/h7,13H,2-6H2,1H3. The molecule has 1 unspecified atom stereocenters. The molecule has 1 atom stereocenters. The van der Waals surface area contributed by atoms with Crippen LogP contribution in [0.4, 0.5) is 0 Å². The first-order valence-corrected chi connectivity index (χ1v) is 4.92. The molecule has 5 heteroatoms. The monoisotopic (exact) mass is 197 g/mol. The second kappa shape index (κ2) is 4.06. The first kappa shape index (κ1) is 9.61. The fourth-order valence-electron chi connectivity index (χ4n) is 1.79. The third-order valence-electron chi connectivity index (χ3n) is 2.54. The van der Waals surface area contributed by atoms with E-state index in [1.165, 1.54) is 0 Å². The van der Waals surface area contributed by atoms with Crippen molar-refractivity contribution >= 4 is 0 Å². The molecule has 1 N–H and O–H groups in total. The zero-order valence-electron chi connectivity index (χ0n) is 8.31. The maximum absolute atomic E-state index is 9.65. The number of aliphatic hydroxyl groups is 1. The van der Waals surface area contributed by atoms with Gasteiger partial charge >= 0.3 is 0 Å². The fourth-order valence-corrected chi connectivity index (χ4v) is 1.79. The van der Waals surface area contributed by atoms with Gasteiger partial charge in [-0.2, -0.15) is 0 Å². The van der Waals surface area contributed by atoms with E-state index in [9.17, 15) is 5.11 Å². The average Bonchev–Trinajstić information content (AvgIpc) is 2.60. The Morgan fingerprint density at radius 3 is 3.21 bits per heavy atom. The van der Waals surface area contributed by atoms with Crippen molar-refractivity contribution in [2.75, 3.05) is 13.7 Å². The van der Waals surface area contributed by atoms with E-state index in [0.29, 0.717) is 12.4 Å². The number of aliphatic hydroxyl groups excluding tert-OH is 1. The number of aromatic nitrogens is 3. The van der Waals surface area contributed by atoms with E-state index < -0.39 is 6.10 Å². The van der Waals surface area contributed by atoms with Crippen LogP contribution in [-0.2, 0) is 17.7 Å². The molecule has 2 rings (SSSR count). The van der Waals surface area contributed by atoms with Crippen molar-refractivity contribution in [2.24, 2.45) is 0 Å². The molecule has 2 heterocycles. The van der Waals surface area contributed by atoms with Gasteiger partial charge in [-0.25, -0.2) is 0 Å². The highest BCUT2D eigenvalue weighted by molar-refractivity contribution is 5.02. The summed E-state index contributed by atoms with van der Waals surface area (Å²) in [5, 5.41) is 17.7. The van der Waals surface area contributed by atoms with Gasteiger partial charge in [-0.15, -0.1) is 10.2 Å². The highest BCUT2D eigenvalue weighted by Gasteiger charge is 2.22. The van der Waals surface area contributed by atoms with E-state index in [-0.39, 0.29) is 0 Å². The third-order valence-corrected chi connectivity index (χ3v) is 2.54. The number of hydrogen-bond donors (Lipinski definition) is 1. The number of fused-ring (bicyclic) bond motifs is 1. The van der Waals surface area contributed by atoms with Gasteiger partial charge in [0.05, 0.1) is 6.61 Å². The van der Waals surface area contributed by atoms with E-state index in [1.807, 2.05) is 4.57 Å². The molecule has 78 valence electrons. The van der Waals surface area contributed by atoms with Crippen LogP contribution >= 0.6 is 0 Å². The maximum Gasteiger partial charge on any atom is 0.161 e. The molecule has 0 spiro atoms. The summed E-state index contributed by atoms with van der Waals surface area (Å²) in [6.07, 6.45) is 2.11. The Balaban J connectivity index is 2.18. The third kappa shape index (κ3) is 1.65. The summed E-state index contributed by atoms with van der Waals surface area (Å²) in [6, 6.07) is 0. The van der Waals surface area contributed by atoms with E-state index in [4.69, 9.17) is 4.74 Å². The van der Waals surface area contributed by atoms with Gasteiger partial charge in [0.25, 0.3) is 0 Å². The van der Waals surface area contributed by atoms with Gasteiger partial charge in [0, 0.05) is 20.1 Å². The molecule has 0 saturated heterocycles. The topological polar surface area (TPSA) is 60.2 Å². The average molecular weight is 197 g/mol. The van der Waals surface area contributed by atoms with Crippen molar-refractivity contribution in [3.8, 4) is 0 Å². The van der Waals surface area contributed by atoms with Gasteiger partial charge in [0.2, 0.25) is 0 Å². The quantitative estimate of drug-likeness (QED) is 0.756. The molecule has 0 aromatic carbocycles. The van der Waals surface area contributed by atoms with Gasteiger partial charge < -0.3 is 14.4 Å². The molecule has 14 heavy (non-hydrogen) atoms. The van der Waals surface area contributed by atoms with Crippen LogP contribution in [0, 0.1) is 0 Å². The molecule has 0 bridgehead atoms. The van der Waals surface area contributed by atoms with E-state index in [2.05, 4.69) is 10.2 Å². The largest absolute Gasteiger partial charge is 0.385 e. The lowest BCUT2D eigenvalue weighted by molar-refractivity contribution is 0.132. The van der Waals surface area contributed by atoms with Crippen molar-refractivity contribution in [2.45, 2.75) is 31.9 Å². The summed E-state index contributed by atoms with van der Waals surface area (Å²) in [5.41, 5.74) is 0. The Morgan fingerprint density at radius 2 is 2.43 bits per heavy atom. The molecular weight excluding hydrogens is 182 g/mol. The van der Waals surface area contributed by atoms with Crippen molar-refractivity contribution in [3.63, 3.8) is 0 Å². The maximum atomic E-state index is 9.65. The Morgan fingerprint density at radius 1 is 1.57 bits per heavy atom. The number of ether oxygens (including phenoxy) is 1. The first-order chi connectivity index (χ1) is 6.83. The van der Waals surface area contributed by atoms with Crippen LogP contribution < -0.4 is 0 Å².